The Morgan fingerprint density at radius 1 is 1.07 bits per heavy atom. The second-order valence-electron chi connectivity index (χ2n) is 8.17. The van der Waals surface area contributed by atoms with Crippen molar-refractivity contribution in [1.82, 2.24) is 14.8 Å². The van der Waals surface area contributed by atoms with Crippen molar-refractivity contribution in [3.8, 4) is 0 Å². The van der Waals surface area contributed by atoms with Crippen molar-refractivity contribution in [3.63, 3.8) is 0 Å². The lowest BCUT2D eigenvalue weighted by Gasteiger charge is -2.29. The van der Waals surface area contributed by atoms with Crippen LogP contribution in [0.2, 0.25) is 0 Å². The van der Waals surface area contributed by atoms with Gasteiger partial charge in [0.25, 0.3) is 5.91 Å². The van der Waals surface area contributed by atoms with Crippen LogP contribution in [0.1, 0.15) is 47.2 Å². The maximum Gasteiger partial charge on any atom is 0.255 e. The fraction of sp³-hybridized carbons (Fsp3) is 0.478. The van der Waals surface area contributed by atoms with Crippen molar-refractivity contribution in [1.29, 1.82) is 0 Å². The number of carbonyl (C=O) groups is 1. The number of rotatable bonds is 6. The molecule has 2 fully saturated rings. The van der Waals surface area contributed by atoms with Crippen LogP contribution in [-0.4, -0.2) is 46.9 Å². The number of nitrogens with zero attached hydrogens (tertiary/aromatic N) is 3. The smallest absolute Gasteiger partial charge is 0.255 e. The third-order valence-corrected chi connectivity index (χ3v) is 5.90. The highest BCUT2D eigenvalue weighted by atomic mass is 16.2. The van der Waals surface area contributed by atoms with Crippen LogP contribution in [0.15, 0.2) is 48.8 Å². The monoisotopic (exact) mass is 363 g/mol. The van der Waals surface area contributed by atoms with E-state index < -0.39 is 0 Å². The van der Waals surface area contributed by atoms with Crippen LogP contribution < -0.4 is 0 Å². The Labute approximate surface area is 162 Å². The third kappa shape index (κ3) is 4.75. The van der Waals surface area contributed by atoms with Gasteiger partial charge in [-0.1, -0.05) is 24.3 Å². The van der Waals surface area contributed by atoms with Crippen LogP contribution >= 0.6 is 0 Å². The molecule has 27 heavy (non-hydrogen) atoms. The molecule has 2 aromatic rings. The largest absolute Gasteiger partial charge is 0.331 e. The summed E-state index contributed by atoms with van der Waals surface area (Å²) in [7, 11) is 2.21. The van der Waals surface area contributed by atoms with Gasteiger partial charge in [-0.3, -0.25) is 9.78 Å². The molecule has 0 spiro atoms. The standard InChI is InChI=1S/C23H29N3O/c1-25-13-10-19(11-14-25)15-18-4-6-20(7-5-18)17-26(22-8-9-22)23(27)21-3-2-12-24-16-21/h2-7,12,16,19,22H,8-11,13-15,17H2,1H3. The lowest BCUT2D eigenvalue weighted by molar-refractivity contribution is 0.0729. The minimum absolute atomic E-state index is 0.0981. The van der Waals surface area contributed by atoms with E-state index in [2.05, 4.69) is 41.2 Å². The number of piperidine rings is 1. The normalized spacial score (nSPS) is 18.4. The van der Waals surface area contributed by atoms with E-state index in [4.69, 9.17) is 0 Å². The molecule has 0 bridgehead atoms. The summed E-state index contributed by atoms with van der Waals surface area (Å²) in [5, 5.41) is 0. The molecule has 4 heteroatoms. The molecule has 1 aromatic carbocycles. The SMILES string of the molecule is CN1CCC(Cc2ccc(CN(C(=O)c3cccnc3)C3CC3)cc2)CC1. The molecule has 1 saturated carbocycles. The second-order valence-corrected chi connectivity index (χ2v) is 8.17. The highest BCUT2D eigenvalue weighted by molar-refractivity contribution is 5.94. The molecule has 1 saturated heterocycles. The van der Waals surface area contributed by atoms with Crippen molar-refractivity contribution in [2.24, 2.45) is 5.92 Å². The summed E-state index contributed by atoms with van der Waals surface area (Å²) in [6.07, 6.45) is 9.37. The number of benzene rings is 1. The summed E-state index contributed by atoms with van der Waals surface area (Å²) in [6, 6.07) is 13.0. The quantitative estimate of drug-likeness (QED) is 0.784. The summed E-state index contributed by atoms with van der Waals surface area (Å²) in [6.45, 7) is 3.12. The van der Waals surface area contributed by atoms with E-state index in [-0.39, 0.29) is 5.91 Å². The van der Waals surface area contributed by atoms with Crippen molar-refractivity contribution in [2.45, 2.75) is 44.7 Å². The molecule has 2 heterocycles. The molecule has 0 unspecified atom stereocenters. The number of amides is 1. The summed E-state index contributed by atoms with van der Waals surface area (Å²) < 4.78 is 0. The van der Waals surface area contributed by atoms with Crippen molar-refractivity contribution in [2.75, 3.05) is 20.1 Å². The van der Waals surface area contributed by atoms with E-state index in [0.717, 1.165) is 18.8 Å². The van der Waals surface area contributed by atoms with Crippen molar-refractivity contribution in [3.05, 3.63) is 65.5 Å². The van der Waals surface area contributed by atoms with Gasteiger partial charge in [0.1, 0.15) is 0 Å². The molecule has 0 radical (unpaired) electrons. The van der Waals surface area contributed by atoms with Gasteiger partial charge >= 0.3 is 0 Å². The van der Waals surface area contributed by atoms with Crippen molar-refractivity contribution >= 4 is 5.91 Å². The second kappa shape index (κ2) is 8.22. The average molecular weight is 364 g/mol. The molecule has 2 aliphatic rings. The molecular weight excluding hydrogens is 334 g/mol. The zero-order chi connectivity index (χ0) is 18.6. The lowest BCUT2D eigenvalue weighted by atomic mass is 9.90. The Morgan fingerprint density at radius 2 is 1.78 bits per heavy atom. The molecule has 1 aliphatic heterocycles. The first kappa shape index (κ1) is 18.2. The minimum atomic E-state index is 0.0981. The van der Waals surface area contributed by atoms with Gasteiger partial charge in [-0.25, -0.2) is 0 Å². The molecule has 0 atom stereocenters. The molecule has 1 aliphatic carbocycles. The van der Waals surface area contributed by atoms with Crippen LogP contribution in [0.5, 0.6) is 0 Å². The number of aromatic nitrogens is 1. The fourth-order valence-electron chi connectivity index (χ4n) is 3.98. The van der Waals surface area contributed by atoms with Gasteiger partial charge in [0, 0.05) is 25.0 Å². The Kier molecular flexibility index (Phi) is 5.53. The van der Waals surface area contributed by atoms with Crippen LogP contribution in [0.25, 0.3) is 0 Å². The van der Waals surface area contributed by atoms with Gasteiger partial charge in [0.2, 0.25) is 0 Å². The summed E-state index contributed by atoms with van der Waals surface area (Å²) in [5.41, 5.74) is 3.32. The fourth-order valence-corrected chi connectivity index (χ4v) is 3.98. The van der Waals surface area contributed by atoms with Crippen LogP contribution in [-0.2, 0) is 13.0 Å². The zero-order valence-electron chi connectivity index (χ0n) is 16.2. The van der Waals surface area contributed by atoms with Crippen LogP contribution in [0, 0.1) is 5.92 Å². The number of hydrogen-bond donors (Lipinski definition) is 0. The molecule has 4 rings (SSSR count). The lowest BCUT2D eigenvalue weighted by Crippen LogP contribution is -2.32. The van der Waals surface area contributed by atoms with Gasteiger partial charge in [-0.05, 0) is 81.4 Å². The Balaban J connectivity index is 1.38. The van der Waals surface area contributed by atoms with E-state index in [1.54, 1.807) is 12.4 Å². The highest BCUT2D eigenvalue weighted by Gasteiger charge is 2.33. The number of pyridine rings is 1. The Morgan fingerprint density at radius 3 is 2.41 bits per heavy atom. The minimum Gasteiger partial charge on any atom is -0.331 e. The summed E-state index contributed by atoms with van der Waals surface area (Å²) in [5.74, 6) is 0.906. The maximum absolute atomic E-state index is 12.9. The first-order valence-electron chi connectivity index (χ1n) is 10.2. The molecule has 142 valence electrons. The molecule has 4 nitrogen and oxygen atoms in total. The van der Waals surface area contributed by atoms with E-state index in [0.29, 0.717) is 18.2 Å². The summed E-state index contributed by atoms with van der Waals surface area (Å²) in [4.78, 5) is 21.4. The van der Waals surface area contributed by atoms with E-state index in [9.17, 15) is 4.79 Å². The topological polar surface area (TPSA) is 36.4 Å². The van der Waals surface area contributed by atoms with Gasteiger partial charge in [0.05, 0.1) is 5.56 Å². The van der Waals surface area contributed by atoms with Crippen molar-refractivity contribution < 1.29 is 4.79 Å². The van der Waals surface area contributed by atoms with E-state index >= 15 is 0 Å². The Bertz CT molecular complexity index is 747. The molecular formula is C23H29N3O. The summed E-state index contributed by atoms with van der Waals surface area (Å²) >= 11 is 0. The third-order valence-electron chi connectivity index (χ3n) is 5.90. The number of hydrogen-bond acceptors (Lipinski definition) is 3. The van der Waals surface area contributed by atoms with Gasteiger partial charge < -0.3 is 9.80 Å². The number of likely N-dealkylation sites (tertiary alicyclic amines) is 1. The van der Waals surface area contributed by atoms with Gasteiger partial charge in [0.15, 0.2) is 0 Å². The first-order chi connectivity index (χ1) is 13.2. The highest BCUT2D eigenvalue weighted by Crippen LogP contribution is 2.30. The molecule has 1 amide bonds. The van der Waals surface area contributed by atoms with Gasteiger partial charge in [-0.15, -0.1) is 0 Å². The van der Waals surface area contributed by atoms with Crippen LogP contribution in [0.4, 0.5) is 0 Å². The van der Waals surface area contributed by atoms with Gasteiger partial charge in [-0.2, -0.15) is 0 Å². The van der Waals surface area contributed by atoms with Crippen LogP contribution in [0.3, 0.4) is 0 Å². The van der Waals surface area contributed by atoms with E-state index in [1.807, 2.05) is 17.0 Å². The average Bonchev–Trinajstić information content (AvgIpc) is 3.54. The maximum atomic E-state index is 12.9. The predicted octanol–water partition coefficient (Wildman–Crippen LogP) is 3.77. The predicted molar refractivity (Wildman–Crippen MR) is 107 cm³/mol. The molecule has 0 N–H and O–H groups in total. The Hall–Kier alpha value is -2.20. The van der Waals surface area contributed by atoms with E-state index in [1.165, 1.54) is 43.5 Å². The number of carbonyl (C=O) groups excluding carboxylic acids is 1. The zero-order valence-corrected chi connectivity index (χ0v) is 16.2. The molecule has 1 aromatic heterocycles. The first-order valence-corrected chi connectivity index (χ1v) is 10.2.